The number of amides is 1. The highest BCUT2D eigenvalue weighted by Gasteiger charge is 2.26. The smallest absolute Gasteiger partial charge is 0.243 e. The van der Waals surface area contributed by atoms with Gasteiger partial charge >= 0.3 is 0 Å². The summed E-state index contributed by atoms with van der Waals surface area (Å²) in [7, 11) is -3.45. The van der Waals surface area contributed by atoms with Gasteiger partial charge in [-0.05, 0) is 44.0 Å². The number of thiazole rings is 1. The number of carbonyl (C=O) groups is 1. The predicted molar refractivity (Wildman–Crippen MR) is 119 cm³/mol. The van der Waals surface area contributed by atoms with Crippen LogP contribution in [0.3, 0.4) is 0 Å². The Morgan fingerprint density at radius 1 is 1.07 bits per heavy atom. The monoisotopic (exact) mass is 441 g/mol. The maximum absolute atomic E-state index is 12.6. The van der Waals surface area contributed by atoms with Crippen LogP contribution in [0.5, 0.6) is 0 Å². The highest BCUT2D eigenvalue weighted by atomic mass is 32.2. The second-order valence-corrected chi connectivity index (χ2v) is 10.2. The molecule has 0 atom stereocenters. The molecule has 1 saturated heterocycles. The topological polar surface area (TPSA) is 79.4 Å². The largest absolute Gasteiger partial charge is 0.326 e. The van der Waals surface area contributed by atoms with Crippen LogP contribution >= 0.6 is 11.3 Å². The van der Waals surface area contributed by atoms with Gasteiger partial charge in [-0.2, -0.15) is 4.31 Å². The average molecular weight is 442 g/mol. The molecule has 30 heavy (non-hydrogen) atoms. The molecule has 6 nitrogen and oxygen atoms in total. The lowest BCUT2D eigenvalue weighted by molar-refractivity contribution is -0.115. The maximum Gasteiger partial charge on any atom is 0.243 e. The molecule has 0 saturated carbocycles. The van der Waals surface area contributed by atoms with Crippen molar-refractivity contribution in [2.24, 2.45) is 0 Å². The van der Waals surface area contributed by atoms with E-state index in [-0.39, 0.29) is 17.2 Å². The molecule has 2 heterocycles. The minimum Gasteiger partial charge on any atom is -0.326 e. The van der Waals surface area contributed by atoms with Crippen LogP contribution in [-0.4, -0.2) is 36.7 Å². The third-order valence-electron chi connectivity index (χ3n) is 5.03. The van der Waals surface area contributed by atoms with Gasteiger partial charge in [0.15, 0.2) is 0 Å². The van der Waals surface area contributed by atoms with Crippen LogP contribution in [0.2, 0.25) is 0 Å². The summed E-state index contributed by atoms with van der Waals surface area (Å²) in [6, 6.07) is 14.5. The van der Waals surface area contributed by atoms with E-state index < -0.39 is 10.0 Å². The summed E-state index contributed by atoms with van der Waals surface area (Å²) in [5, 5.41) is 5.59. The van der Waals surface area contributed by atoms with Gasteiger partial charge < -0.3 is 5.32 Å². The quantitative estimate of drug-likeness (QED) is 0.625. The van der Waals surface area contributed by atoms with Gasteiger partial charge in [-0.1, -0.05) is 29.8 Å². The Balaban J connectivity index is 1.38. The lowest BCUT2D eigenvalue weighted by Gasteiger charge is -2.15. The molecular weight excluding hydrogens is 418 g/mol. The van der Waals surface area contributed by atoms with Crippen molar-refractivity contribution in [3.05, 3.63) is 65.2 Å². The summed E-state index contributed by atoms with van der Waals surface area (Å²) in [6.45, 7) is 3.17. The van der Waals surface area contributed by atoms with Crippen molar-refractivity contribution < 1.29 is 13.2 Å². The van der Waals surface area contributed by atoms with E-state index in [9.17, 15) is 13.2 Å². The normalized spacial score (nSPS) is 14.7. The number of rotatable bonds is 6. The minimum absolute atomic E-state index is 0.163. The maximum atomic E-state index is 12.6. The lowest BCUT2D eigenvalue weighted by atomic mass is 10.2. The summed E-state index contributed by atoms with van der Waals surface area (Å²) in [5.74, 6) is -0.189. The fourth-order valence-electron chi connectivity index (χ4n) is 3.37. The number of aromatic nitrogens is 1. The third-order valence-corrected chi connectivity index (χ3v) is 7.89. The van der Waals surface area contributed by atoms with Gasteiger partial charge in [0.2, 0.25) is 15.9 Å². The molecule has 1 amide bonds. The number of aryl methyl sites for hydroxylation is 1. The fourth-order valence-corrected chi connectivity index (χ4v) is 5.72. The molecule has 1 aliphatic heterocycles. The Hall–Kier alpha value is -2.55. The van der Waals surface area contributed by atoms with Gasteiger partial charge in [-0.25, -0.2) is 13.4 Å². The van der Waals surface area contributed by atoms with Crippen molar-refractivity contribution in [2.75, 3.05) is 18.4 Å². The number of nitrogens with zero attached hydrogens (tertiary/aromatic N) is 2. The van der Waals surface area contributed by atoms with Crippen molar-refractivity contribution in [1.82, 2.24) is 9.29 Å². The fraction of sp³-hybridized carbons (Fsp3) is 0.273. The SMILES string of the molecule is Cc1ccc(-c2nc(CC(=O)Nc3ccc(S(=O)(=O)N4CCCC4)cc3)cs2)cc1. The molecule has 3 aromatic rings. The molecule has 0 radical (unpaired) electrons. The number of benzene rings is 2. The van der Waals surface area contributed by atoms with Crippen LogP contribution < -0.4 is 5.32 Å². The van der Waals surface area contributed by atoms with E-state index in [1.165, 1.54) is 21.2 Å². The Bertz CT molecular complexity index is 1130. The summed E-state index contributed by atoms with van der Waals surface area (Å²) < 4.78 is 26.7. The van der Waals surface area contributed by atoms with Crippen molar-refractivity contribution in [1.29, 1.82) is 0 Å². The molecule has 1 fully saturated rings. The zero-order valence-electron chi connectivity index (χ0n) is 16.7. The standard InChI is InChI=1S/C22H23N3O3S2/c1-16-4-6-17(7-5-16)22-24-19(15-29-22)14-21(26)23-18-8-10-20(11-9-18)30(27,28)25-12-2-3-13-25/h4-11,15H,2-3,12-14H2,1H3,(H,23,26). The van der Waals surface area contributed by atoms with Crippen LogP contribution in [0.1, 0.15) is 24.1 Å². The van der Waals surface area contributed by atoms with E-state index in [2.05, 4.69) is 10.3 Å². The van der Waals surface area contributed by atoms with Gasteiger partial charge in [0, 0.05) is 29.7 Å². The molecule has 1 N–H and O–H groups in total. The van der Waals surface area contributed by atoms with Crippen LogP contribution in [0.15, 0.2) is 58.8 Å². The van der Waals surface area contributed by atoms with E-state index in [1.807, 2.05) is 36.6 Å². The molecule has 1 aromatic heterocycles. The Morgan fingerprint density at radius 2 is 1.73 bits per heavy atom. The van der Waals surface area contributed by atoms with Gasteiger partial charge in [0.1, 0.15) is 5.01 Å². The summed E-state index contributed by atoms with van der Waals surface area (Å²) in [6.07, 6.45) is 1.96. The lowest BCUT2D eigenvalue weighted by Crippen LogP contribution is -2.27. The van der Waals surface area contributed by atoms with E-state index in [4.69, 9.17) is 0 Å². The van der Waals surface area contributed by atoms with Gasteiger partial charge in [-0.15, -0.1) is 11.3 Å². The van der Waals surface area contributed by atoms with Gasteiger partial charge in [-0.3, -0.25) is 4.79 Å². The molecule has 156 valence electrons. The predicted octanol–water partition coefficient (Wildman–Crippen LogP) is 4.08. The van der Waals surface area contributed by atoms with E-state index in [1.54, 1.807) is 24.3 Å². The molecule has 0 unspecified atom stereocenters. The molecule has 2 aromatic carbocycles. The highest BCUT2D eigenvalue weighted by Crippen LogP contribution is 2.25. The zero-order chi connectivity index (χ0) is 21.1. The molecular formula is C22H23N3O3S2. The van der Waals surface area contributed by atoms with Crippen molar-refractivity contribution in [3.8, 4) is 10.6 Å². The van der Waals surface area contributed by atoms with Crippen LogP contribution in [0.4, 0.5) is 5.69 Å². The van der Waals surface area contributed by atoms with Crippen LogP contribution in [0.25, 0.3) is 10.6 Å². The van der Waals surface area contributed by atoms with Crippen LogP contribution in [-0.2, 0) is 21.2 Å². The van der Waals surface area contributed by atoms with Crippen molar-refractivity contribution >= 4 is 33.0 Å². The number of nitrogens with one attached hydrogen (secondary N) is 1. The first kappa shape index (κ1) is 20.7. The van der Waals surface area contributed by atoms with Crippen molar-refractivity contribution in [3.63, 3.8) is 0 Å². The summed E-state index contributed by atoms with van der Waals surface area (Å²) >= 11 is 1.51. The number of carbonyl (C=O) groups excluding carboxylic acids is 1. The molecule has 8 heteroatoms. The highest BCUT2D eigenvalue weighted by molar-refractivity contribution is 7.89. The van der Waals surface area contributed by atoms with E-state index in [0.717, 1.165) is 23.4 Å². The van der Waals surface area contributed by atoms with Crippen molar-refractivity contribution in [2.45, 2.75) is 31.1 Å². The Labute approximate surface area is 180 Å². The molecule has 4 rings (SSSR count). The molecule has 0 bridgehead atoms. The van der Waals surface area contributed by atoms with Gasteiger partial charge in [0.25, 0.3) is 0 Å². The number of sulfonamides is 1. The first-order chi connectivity index (χ1) is 14.4. The number of anilines is 1. The first-order valence-corrected chi connectivity index (χ1v) is 12.2. The van der Waals surface area contributed by atoms with E-state index >= 15 is 0 Å². The first-order valence-electron chi connectivity index (χ1n) is 9.83. The second kappa shape index (κ2) is 8.67. The Morgan fingerprint density at radius 3 is 2.40 bits per heavy atom. The second-order valence-electron chi connectivity index (χ2n) is 7.37. The van der Waals surface area contributed by atoms with E-state index in [0.29, 0.717) is 24.5 Å². The van der Waals surface area contributed by atoms with Gasteiger partial charge in [0.05, 0.1) is 17.0 Å². The molecule has 0 spiro atoms. The van der Waals surface area contributed by atoms with Crippen LogP contribution in [0, 0.1) is 6.92 Å². The molecule has 1 aliphatic rings. The summed E-state index contributed by atoms with van der Waals surface area (Å²) in [5.41, 5.74) is 3.50. The Kier molecular flexibility index (Phi) is 5.99. The number of hydrogen-bond acceptors (Lipinski definition) is 5. The molecule has 0 aliphatic carbocycles. The zero-order valence-corrected chi connectivity index (χ0v) is 18.3. The summed E-state index contributed by atoms with van der Waals surface area (Å²) in [4.78, 5) is 17.2. The third kappa shape index (κ3) is 4.61. The minimum atomic E-state index is -3.45. The number of hydrogen-bond donors (Lipinski definition) is 1. The average Bonchev–Trinajstić information content (AvgIpc) is 3.41.